The first-order valence-electron chi connectivity index (χ1n) is 11.3. The fourth-order valence-electron chi connectivity index (χ4n) is 3.93. The zero-order valence-corrected chi connectivity index (χ0v) is 19.8. The Morgan fingerprint density at radius 2 is 1.59 bits per heavy atom. The highest BCUT2D eigenvalue weighted by Gasteiger charge is 2.25. The minimum absolute atomic E-state index is 0.0100. The first-order valence-corrected chi connectivity index (χ1v) is 12.2. The molecule has 0 bridgehead atoms. The molecule has 1 aromatic heterocycles. The van der Waals surface area contributed by atoms with Crippen molar-refractivity contribution in [3.63, 3.8) is 0 Å². The first-order chi connectivity index (χ1) is 16.6. The molecular weight excluding hydrogens is 450 g/mol. The standard InChI is InChI=1S/C26H27N3O4S/c1-2-33-26(32)23-21(19-9-5-3-6-10-19)18-34-24(23)27-22(30)17-28-13-15-29(16-14-28)25(31)20-11-7-4-8-12-20/h3-12,18H,2,13-17H2,1H3,(H,27,30). The Balaban J connectivity index is 1.38. The maximum Gasteiger partial charge on any atom is 0.341 e. The Kier molecular flexibility index (Phi) is 7.72. The largest absolute Gasteiger partial charge is 0.462 e. The van der Waals surface area contributed by atoms with Crippen LogP contribution >= 0.6 is 11.3 Å². The average Bonchev–Trinajstić information content (AvgIpc) is 3.28. The van der Waals surface area contributed by atoms with Crippen LogP contribution in [0.2, 0.25) is 0 Å². The van der Waals surface area contributed by atoms with Crippen molar-refractivity contribution in [3.8, 4) is 11.1 Å². The van der Waals surface area contributed by atoms with Gasteiger partial charge in [-0.15, -0.1) is 11.3 Å². The number of hydrogen-bond donors (Lipinski definition) is 1. The minimum atomic E-state index is -0.453. The molecule has 8 heteroatoms. The molecule has 2 heterocycles. The Labute approximate surface area is 202 Å². The second kappa shape index (κ2) is 11.1. The van der Waals surface area contributed by atoms with E-state index in [4.69, 9.17) is 4.74 Å². The van der Waals surface area contributed by atoms with Crippen molar-refractivity contribution in [1.82, 2.24) is 9.80 Å². The molecule has 176 valence electrons. The van der Waals surface area contributed by atoms with Gasteiger partial charge in [0.1, 0.15) is 10.6 Å². The normalized spacial score (nSPS) is 14.0. The maximum absolute atomic E-state index is 12.8. The Morgan fingerprint density at radius 3 is 2.24 bits per heavy atom. The summed E-state index contributed by atoms with van der Waals surface area (Å²) in [6.45, 7) is 4.54. The van der Waals surface area contributed by atoms with Gasteiger partial charge in [0.15, 0.2) is 0 Å². The molecule has 1 aliphatic rings. The number of anilines is 1. The lowest BCUT2D eigenvalue weighted by Gasteiger charge is -2.34. The number of thiophene rings is 1. The summed E-state index contributed by atoms with van der Waals surface area (Å²) in [7, 11) is 0. The average molecular weight is 478 g/mol. The van der Waals surface area contributed by atoms with Crippen molar-refractivity contribution in [2.24, 2.45) is 0 Å². The molecule has 34 heavy (non-hydrogen) atoms. The Bertz CT molecular complexity index is 1140. The highest BCUT2D eigenvalue weighted by molar-refractivity contribution is 7.15. The third-order valence-electron chi connectivity index (χ3n) is 5.66. The molecule has 1 aliphatic heterocycles. The van der Waals surface area contributed by atoms with E-state index >= 15 is 0 Å². The van der Waals surface area contributed by atoms with E-state index in [-0.39, 0.29) is 25.0 Å². The highest BCUT2D eigenvalue weighted by atomic mass is 32.1. The molecule has 1 fully saturated rings. The molecule has 0 radical (unpaired) electrons. The van der Waals surface area contributed by atoms with Gasteiger partial charge < -0.3 is 15.0 Å². The smallest absolute Gasteiger partial charge is 0.341 e. The van der Waals surface area contributed by atoms with Crippen molar-refractivity contribution in [1.29, 1.82) is 0 Å². The molecule has 1 saturated heterocycles. The summed E-state index contributed by atoms with van der Waals surface area (Å²) in [6, 6.07) is 18.8. The van der Waals surface area contributed by atoms with Crippen molar-refractivity contribution in [2.45, 2.75) is 6.92 Å². The fourth-order valence-corrected chi connectivity index (χ4v) is 4.90. The van der Waals surface area contributed by atoms with Crippen molar-refractivity contribution in [3.05, 3.63) is 77.2 Å². The minimum Gasteiger partial charge on any atom is -0.462 e. The number of benzene rings is 2. The van der Waals surface area contributed by atoms with Crippen LogP contribution in [0.1, 0.15) is 27.6 Å². The summed E-state index contributed by atoms with van der Waals surface area (Å²) in [4.78, 5) is 42.0. The van der Waals surface area contributed by atoms with Gasteiger partial charge in [-0.25, -0.2) is 4.79 Å². The van der Waals surface area contributed by atoms with E-state index in [1.165, 1.54) is 11.3 Å². The molecule has 2 aromatic carbocycles. The molecule has 0 unspecified atom stereocenters. The first kappa shape index (κ1) is 23.7. The van der Waals surface area contributed by atoms with Gasteiger partial charge in [0.25, 0.3) is 5.91 Å². The number of nitrogens with zero attached hydrogens (tertiary/aromatic N) is 2. The molecule has 1 N–H and O–H groups in total. The molecule has 0 spiro atoms. The lowest BCUT2D eigenvalue weighted by molar-refractivity contribution is -0.117. The predicted octanol–water partition coefficient (Wildman–Crippen LogP) is 3.99. The van der Waals surface area contributed by atoms with Gasteiger partial charge in [-0.2, -0.15) is 0 Å². The van der Waals surface area contributed by atoms with Crippen molar-refractivity contribution < 1.29 is 19.1 Å². The molecule has 0 saturated carbocycles. The summed E-state index contributed by atoms with van der Waals surface area (Å²) in [5, 5.41) is 5.26. The van der Waals surface area contributed by atoms with Crippen LogP contribution in [0.5, 0.6) is 0 Å². The molecule has 0 aliphatic carbocycles. The van der Waals surface area contributed by atoms with Gasteiger partial charge in [-0.1, -0.05) is 48.5 Å². The summed E-state index contributed by atoms with van der Waals surface area (Å²) in [6.07, 6.45) is 0. The number of piperazine rings is 1. The quantitative estimate of drug-likeness (QED) is 0.521. The Hall–Kier alpha value is -3.49. The fraction of sp³-hybridized carbons (Fsp3) is 0.269. The van der Waals surface area contributed by atoms with Crippen LogP contribution in [0.3, 0.4) is 0 Å². The van der Waals surface area contributed by atoms with Crippen LogP contribution < -0.4 is 5.32 Å². The maximum atomic E-state index is 12.8. The van der Waals surface area contributed by atoms with E-state index in [2.05, 4.69) is 5.32 Å². The van der Waals surface area contributed by atoms with E-state index in [0.29, 0.717) is 42.3 Å². The number of carbonyl (C=O) groups excluding carboxylic acids is 3. The molecule has 0 atom stereocenters. The third kappa shape index (κ3) is 5.52. The number of amides is 2. The highest BCUT2D eigenvalue weighted by Crippen LogP contribution is 2.36. The van der Waals surface area contributed by atoms with E-state index in [0.717, 1.165) is 11.1 Å². The van der Waals surface area contributed by atoms with Gasteiger partial charge in [0.2, 0.25) is 5.91 Å². The van der Waals surface area contributed by atoms with Crippen molar-refractivity contribution in [2.75, 3.05) is 44.6 Å². The zero-order valence-electron chi connectivity index (χ0n) is 19.0. The number of esters is 1. The second-order valence-electron chi connectivity index (χ2n) is 7.92. The van der Waals surface area contributed by atoms with Crippen LogP contribution in [-0.2, 0) is 9.53 Å². The van der Waals surface area contributed by atoms with E-state index in [1.807, 2.05) is 75.8 Å². The van der Waals surface area contributed by atoms with Crippen LogP contribution in [0.25, 0.3) is 11.1 Å². The van der Waals surface area contributed by atoms with Gasteiger partial charge in [0, 0.05) is 42.7 Å². The van der Waals surface area contributed by atoms with Gasteiger partial charge in [0.05, 0.1) is 13.2 Å². The number of ether oxygens (including phenoxy) is 1. The zero-order chi connectivity index (χ0) is 23.9. The topological polar surface area (TPSA) is 79.0 Å². The van der Waals surface area contributed by atoms with Crippen LogP contribution in [-0.4, -0.2) is 66.9 Å². The summed E-state index contributed by atoms with van der Waals surface area (Å²) >= 11 is 1.31. The van der Waals surface area contributed by atoms with Crippen LogP contribution in [0.4, 0.5) is 5.00 Å². The predicted molar refractivity (Wildman–Crippen MR) is 133 cm³/mol. The molecule has 2 amide bonds. The lowest BCUT2D eigenvalue weighted by atomic mass is 10.0. The Morgan fingerprint density at radius 1 is 0.941 bits per heavy atom. The third-order valence-corrected chi connectivity index (χ3v) is 6.55. The molecular formula is C26H27N3O4S. The van der Waals surface area contributed by atoms with Gasteiger partial charge in [-0.05, 0) is 24.6 Å². The molecule has 3 aromatic rings. The number of rotatable bonds is 7. The summed E-state index contributed by atoms with van der Waals surface area (Å²) in [5.74, 6) is -0.642. The monoisotopic (exact) mass is 477 g/mol. The second-order valence-corrected chi connectivity index (χ2v) is 8.80. The van der Waals surface area contributed by atoms with E-state index in [1.54, 1.807) is 6.92 Å². The van der Waals surface area contributed by atoms with E-state index < -0.39 is 5.97 Å². The van der Waals surface area contributed by atoms with Crippen LogP contribution in [0, 0.1) is 0 Å². The van der Waals surface area contributed by atoms with Crippen molar-refractivity contribution >= 4 is 34.1 Å². The van der Waals surface area contributed by atoms with E-state index in [9.17, 15) is 14.4 Å². The van der Waals surface area contributed by atoms with Gasteiger partial charge in [-0.3, -0.25) is 14.5 Å². The number of carbonyl (C=O) groups is 3. The van der Waals surface area contributed by atoms with Crippen LogP contribution in [0.15, 0.2) is 66.0 Å². The molecule has 4 rings (SSSR count). The number of nitrogens with one attached hydrogen (secondary N) is 1. The summed E-state index contributed by atoms with van der Waals surface area (Å²) < 4.78 is 5.26. The molecule has 7 nitrogen and oxygen atoms in total. The SMILES string of the molecule is CCOC(=O)c1c(-c2ccccc2)csc1NC(=O)CN1CCN(C(=O)c2ccccc2)CC1. The lowest BCUT2D eigenvalue weighted by Crippen LogP contribution is -2.50. The number of hydrogen-bond acceptors (Lipinski definition) is 6. The van der Waals surface area contributed by atoms with Gasteiger partial charge >= 0.3 is 5.97 Å². The summed E-state index contributed by atoms with van der Waals surface area (Å²) in [5.41, 5.74) is 2.69.